The molecule has 5 rings (SSSR count). The number of hydrogen-bond donors (Lipinski definition) is 2. The molecule has 1 aliphatic rings. The average Bonchev–Trinajstić information content (AvgIpc) is 3.42. The average molecular weight is 439 g/mol. The first-order valence-electron chi connectivity index (χ1n) is 9.94. The molecule has 0 aliphatic carbocycles. The number of rotatable bonds is 5. The number of nitrogens with one attached hydrogen (secondary N) is 2. The first-order valence-corrected chi connectivity index (χ1v) is 10.7. The van der Waals surface area contributed by atoms with Crippen LogP contribution in [-0.4, -0.2) is 34.1 Å². The summed E-state index contributed by atoms with van der Waals surface area (Å²) in [5.74, 6) is 0.720. The molecule has 2 N–H and O–H groups in total. The molecule has 30 heavy (non-hydrogen) atoms. The second-order valence-corrected chi connectivity index (χ2v) is 8.14. The Labute approximate surface area is 184 Å². The Morgan fingerprint density at radius 3 is 2.87 bits per heavy atom. The summed E-state index contributed by atoms with van der Waals surface area (Å²) >= 11 is 12.9. The third kappa shape index (κ3) is 3.54. The standard InChI is InChI=1S/C23H20Cl2N4O/c24-17-6-1-5-16(21(17)25)20-22(29-18-7-3-10-28-23(18)20)15-8-11-26-12-19(15)30-13-14-4-2-9-27-14/h1,3,5-8,10-12,14,27,29H,2,4,9,13H2/t14-/m0/s1. The molecule has 1 saturated heterocycles. The molecule has 1 atom stereocenters. The predicted octanol–water partition coefficient (Wildman–Crippen LogP) is 5.73. The number of benzene rings is 1. The molecule has 1 aromatic carbocycles. The van der Waals surface area contributed by atoms with Crippen molar-refractivity contribution >= 4 is 34.2 Å². The predicted molar refractivity (Wildman–Crippen MR) is 121 cm³/mol. The molecule has 4 heterocycles. The lowest BCUT2D eigenvalue weighted by Gasteiger charge is -2.15. The van der Waals surface area contributed by atoms with Gasteiger partial charge in [0.25, 0.3) is 0 Å². The highest BCUT2D eigenvalue weighted by Gasteiger charge is 2.22. The molecule has 1 aliphatic heterocycles. The van der Waals surface area contributed by atoms with Gasteiger partial charge in [0.15, 0.2) is 0 Å². The van der Waals surface area contributed by atoms with Gasteiger partial charge in [0.1, 0.15) is 12.4 Å². The Kier molecular flexibility index (Phi) is 5.34. The first-order chi connectivity index (χ1) is 14.7. The van der Waals surface area contributed by atoms with E-state index in [0.29, 0.717) is 22.7 Å². The molecule has 0 radical (unpaired) electrons. The molecule has 0 amide bonds. The van der Waals surface area contributed by atoms with Crippen LogP contribution in [0.15, 0.2) is 55.0 Å². The smallest absolute Gasteiger partial charge is 0.146 e. The van der Waals surface area contributed by atoms with Gasteiger partial charge in [-0.1, -0.05) is 35.3 Å². The lowest BCUT2D eigenvalue weighted by atomic mass is 10.0. The summed E-state index contributed by atoms with van der Waals surface area (Å²) in [6.07, 6.45) is 7.59. The second kappa shape index (κ2) is 8.26. The van der Waals surface area contributed by atoms with Crippen molar-refractivity contribution < 1.29 is 4.74 Å². The van der Waals surface area contributed by atoms with Gasteiger partial charge in [-0.05, 0) is 43.7 Å². The first kappa shape index (κ1) is 19.4. The van der Waals surface area contributed by atoms with Crippen LogP contribution < -0.4 is 10.1 Å². The van der Waals surface area contributed by atoms with Crippen LogP contribution in [0.1, 0.15) is 12.8 Å². The zero-order valence-electron chi connectivity index (χ0n) is 16.2. The molecular weight excluding hydrogens is 419 g/mol. The molecule has 152 valence electrons. The summed E-state index contributed by atoms with van der Waals surface area (Å²) in [7, 11) is 0. The summed E-state index contributed by atoms with van der Waals surface area (Å²) < 4.78 is 6.19. The van der Waals surface area contributed by atoms with E-state index >= 15 is 0 Å². The SMILES string of the molecule is Clc1cccc(-c2c(-c3ccncc3OC[C@@H]3CCCN3)[nH]c3cccnc23)c1Cl. The van der Waals surface area contributed by atoms with Gasteiger partial charge in [-0.2, -0.15) is 0 Å². The molecule has 5 nitrogen and oxygen atoms in total. The maximum absolute atomic E-state index is 6.61. The lowest BCUT2D eigenvalue weighted by Crippen LogP contribution is -2.28. The van der Waals surface area contributed by atoms with Gasteiger partial charge in [-0.15, -0.1) is 0 Å². The van der Waals surface area contributed by atoms with Crippen molar-refractivity contribution in [3.05, 3.63) is 65.0 Å². The number of aromatic amines is 1. The van der Waals surface area contributed by atoms with Crippen LogP contribution in [0.25, 0.3) is 33.4 Å². The molecule has 4 aromatic rings. The maximum atomic E-state index is 6.61. The molecular formula is C23H20Cl2N4O. The minimum atomic E-state index is 0.365. The molecule has 7 heteroatoms. The van der Waals surface area contributed by atoms with Crippen molar-refractivity contribution in [2.45, 2.75) is 18.9 Å². The number of nitrogens with zero attached hydrogens (tertiary/aromatic N) is 2. The molecule has 0 bridgehead atoms. The summed E-state index contributed by atoms with van der Waals surface area (Å²) in [5, 5.41) is 4.47. The fourth-order valence-electron chi connectivity index (χ4n) is 3.97. The Bertz CT molecular complexity index is 1200. The molecule has 0 unspecified atom stereocenters. The highest BCUT2D eigenvalue weighted by molar-refractivity contribution is 6.44. The van der Waals surface area contributed by atoms with Gasteiger partial charge in [-0.3, -0.25) is 9.97 Å². The van der Waals surface area contributed by atoms with Crippen LogP contribution in [0.5, 0.6) is 5.75 Å². The summed E-state index contributed by atoms with van der Waals surface area (Å²) in [6, 6.07) is 11.8. The summed E-state index contributed by atoms with van der Waals surface area (Å²) in [4.78, 5) is 12.4. The topological polar surface area (TPSA) is 62.8 Å². The minimum Gasteiger partial charge on any atom is -0.490 e. The monoisotopic (exact) mass is 438 g/mol. The van der Waals surface area contributed by atoms with Gasteiger partial charge < -0.3 is 15.0 Å². The minimum absolute atomic E-state index is 0.365. The van der Waals surface area contributed by atoms with E-state index < -0.39 is 0 Å². The molecule has 1 fully saturated rings. The Morgan fingerprint density at radius 1 is 1.07 bits per heavy atom. The van der Waals surface area contributed by atoms with Crippen LogP contribution in [0, 0.1) is 0 Å². The third-order valence-electron chi connectivity index (χ3n) is 5.43. The van der Waals surface area contributed by atoms with E-state index in [4.69, 9.17) is 27.9 Å². The Balaban J connectivity index is 1.66. The lowest BCUT2D eigenvalue weighted by molar-refractivity contribution is 0.277. The highest BCUT2D eigenvalue weighted by atomic mass is 35.5. The van der Waals surface area contributed by atoms with Crippen LogP contribution in [-0.2, 0) is 0 Å². The molecule has 0 saturated carbocycles. The van der Waals surface area contributed by atoms with Crippen LogP contribution in [0.3, 0.4) is 0 Å². The van der Waals surface area contributed by atoms with Crippen LogP contribution in [0.4, 0.5) is 0 Å². The van der Waals surface area contributed by atoms with Gasteiger partial charge in [0.05, 0.1) is 33.0 Å². The molecule has 3 aromatic heterocycles. The number of H-pyrrole nitrogens is 1. The molecule has 0 spiro atoms. The van der Waals surface area contributed by atoms with E-state index in [1.807, 2.05) is 30.3 Å². The number of hydrogen-bond acceptors (Lipinski definition) is 4. The highest BCUT2D eigenvalue weighted by Crippen LogP contribution is 2.44. The van der Waals surface area contributed by atoms with Gasteiger partial charge in [0, 0.05) is 35.1 Å². The van der Waals surface area contributed by atoms with E-state index in [0.717, 1.165) is 52.1 Å². The van der Waals surface area contributed by atoms with Crippen molar-refractivity contribution in [1.82, 2.24) is 20.3 Å². The quantitative estimate of drug-likeness (QED) is 0.417. The Hall–Kier alpha value is -2.60. The second-order valence-electron chi connectivity index (χ2n) is 7.35. The maximum Gasteiger partial charge on any atom is 0.146 e. The van der Waals surface area contributed by atoms with Crippen molar-refractivity contribution in [2.75, 3.05) is 13.2 Å². The fourth-order valence-corrected chi connectivity index (χ4v) is 4.37. The van der Waals surface area contributed by atoms with Crippen LogP contribution in [0.2, 0.25) is 10.0 Å². The largest absolute Gasteiger partial charge is 0.490 e. The third-order valence-corrected chi connectivity index (χ3v) is 6.25. The van der Waals surface area contributed by atoms with Gasteiger partial charge in [0.2, 0.25) is 0 Å². The normalized spacial score (nSPS) is 16.3. The zero-order valence-corrected chi connectivity index (χ0v) is 17.7. The van der Waals surface area contributed by atoms with Crippen molar-refractivity contribution in [3.8, 4) is 28.1 Å². The van der Waals surface area contributed by atoms with Crippen LogP contribution >= 0.6 is 23.2 Å². The number of pyridine rings is 2. The van der Waals surface area contributed by atoms with Crippen molar-refractivity contribution in [3.63, 3.8) is 0 Å². The number of halogens is 2. The van der Waals surface area contributed by atoms with Gasteiger partial charge in [-0.25, -0.2) is 0 Å². The van der Waals surface area contributed by atoms with E-state index in [9.17, 15) is 0 Å². The fraction of sp³-hybridized carbons (Fsp3) is 0.217. The number of fused-ring (bicyclic) bond motifs is 1. The van der Waals surface area contributed by atoms with E-state index in [1.165, 1.54) is 6.42 Å². The summed E-state index contributed by atoms with van der Waals surface area (Å²) in [6.45, 7) is 1.64. The Morgan fingerprint density at radius 2 is 2.00 bits per heavy atom. The van der Waals surface area contributed by atoms with E-state index in [-0.39, 0.29) is 0 Å². The van der Waals surface area contributed by atoms with E-state index in [2.05, 4.69) is 20.3 Å². The zero-order chi connectivity index (χ0) is 20.5. The summed E-state index contributed by atoms with van der Waals surface area (Å²) in [5.41, 5.74) is 5.25. The van der Waals surface area contributed by atoms with Crippen molar-refractivity contribution in [1.29, 1.82) is 0 Å². The number of aromatic nitrogens is 3. The van der Waals surface area contributed by atoms with E-state index in [1.54, 1.807) is 24.7 Å². The van der Waals surface area contributed by atoms with Crippen molar-refractivity contribution in [2.24, 2.45) is 0 Å². The van der Waals surface area contributed by atoms with Gasteiger partial charge >= 0.3 is 0 Å². The number of ether oxygens (including phenoxy) is 1.